The van der Waals surface area contributed by atoms with E-state index >= 15 is 0 Å². The van der Waals surface area contributed by atoms with E-state index in [1.54, 1.807) is 0 Å². The topological polar surface area (TPSA) is 68.0 Å². The van der Waals surface area contributed by atoms with Gasteiger partial charge in [-0.25, -0.2) is 4.98 Å². The van der Waals surface area contributed by atoms with Crippen LogP contribution < -0.4 is 11.1 Å². The number of benzene rings is 1. The number of amides is 1. The molecule has 4 nitrogen and oxygen atoms in total. The highest BCUT2D eigenvalue weighted by molar-refractivity contribution is 6.35. The minimum atomic E-state index is -0.111. The van der Waals surface area contributed by atoms with Crippen LogP contribution in [0, 0.1) is 6.92 Å². The van der Waals surface area contributed by atoms with Crippen LogP contribution >= 0.6 is 0 Å². The Morgan fingerprint density at radius 2 is 1.91 bits per heavy atom. The van der Waals surface area contributed by atoms with Crippen molar-refractivity contribution in [2.75, 3.05) is 11.1 Å². The smallest absolute Gasteiger partial charge is 0.256 e. The van der Waals surface area contributed by atoms with Gasteiger partial charge < -0.3 is 11.1 Å². The molecule has 0 bridgehead atoms. The Hall–Kier alpha value is -3.14. The first-order chi connectivity index (χ1) is 11.1. The number of hydrogen-bond acceptors (Lipinski definition) is 3. The number of aryl methyl sites for hydroxylation is 1. The molecule has 4 heteroatoms. The highest BCUT2D eigenvalue weighted by Gasteiger charge is 2.25. The van der Waals surface area contributed by atoms with Crippen LogP contribution in [0.2, 0.25) is 0 Å². The van der Waals surface area contributed by atoms with Gasteiger partial charge in [0.25, 0.3) is 5.91 Å². The Morgan fingerprint density at radius 1 is 1.09 bits per heavy atom. The molecule has 0 fully saturated rings. The standard InChI is InChI=1S/C19H15N3O/c1-11-7-8-17-13(9-11)15(19(23)22-17)10-14-12-5-3-2-4-6-16(12)21-18(14)20/h2-10H,1H3,(H2,20,21)(H,22,23)/b15-10+. The lowest BCUT2D eigenvalue weighted by atomic mass is 10.0. The number of aromatic nitrogens is 1. The van der Waals surface area contributed by atoms with Crippen LogP contribution in [0.1, 0.15) is 16.7 Å². The number of carbonyl (C=O) groups excluding carboxylic acids is 1. The second-order valence-electron chi connectivity index (χ2n) is 5.68. The number of nitrogens with zero attached hydrogens (tertiary/aromatic N) is 1. The fourth-order valence-electron chi connectivity index (χ4n) is 2.93. The van der Waals surface area contributed by atoms with Crippen LogP contribution in [0.4, 0.5) is 11.5 Å². The molecule has 2 aliphatic heterocycles. The molecule has 1 aromatic rings. The molecule has 3 aliphatic rings. The monoisotopic (exact) mass is 301 g/mol. The van der Waals surface area contributed by atoms with Gasteiger partial charge in [-0.05, 0) is 31.2 Å². The third-order valence-electron chi connectivity index (χ3n) is 4.07. The SMILES string of the molecule is Cc1ccc2c(c1)/C(=C\c1c3cccccc-3nc1N)C(=O)N2. The number of nitrogens with two attached hydrogens (primary N) is 1. The average Bonchev–Trinajstić information content (AvgIpc) is 2.86. The van der Waals surface area contributed by atoms with Gasteiger partial charge in [0.05, 0.1) is 5.69 Å². The van der Waals surface area contributed by atoms with Crippen molar-refractivity contribution in [1.82, 2.24) is 4.98 Å². The van der Waals surface area contributed by atoms with Crippen molar-refractivity contribution in [3.63, 3.8) is 0 Å². The number of nitrogens with one attached hydrogen (secondary N) is 1. The fraction of sp³-hybridized carbons (Fsp3) is 0.0526. The molecule has 112 valence electrons. The maximum atomic E-state index is 12.3. The van der Waals surface area contributed by atoms with E-state index in [0.717, 1.165) is 33.6 Å². The molecule has 23 heavy (non-hydrogen) atoms. The Morgan fingerprint density at radius 3 is 2.78 bits per heavy atom. The molecular formula is C19H15N3O. The van der Waals surface area contributed by atoms with E-state index in [4.69, 9.17) is 5.73 Å². The molecule has 4 rings (SSSR count). The molecule has 0 aromatic heterocycles. The molecular weight excluding hydrogens is 286 g/mol. The van der Waals surface area contributed by atoms with Crippen molar-refractivity contribution in [2.45, 2.75) is 6.92 Å². The third kappa shape index (κ3) is 2.16. The summed E-state index contributed by atoms with van der Waals surface area (Å²) in [6.45, 7) is 2.01. The minimum Gasteiger partial charge on any atom is -0.383 e. The highest BCUT2D eigenvalue weighted by Crippen LogP contribution is 2.37. The highest BCUT2D eigenvalue weighted by atomic mass is 16.2. The number of anilines is 2. The summed E-state index contributed by atoms with van der Waals surface area (Å²) >= 11 is 0. The molecule has 1 aromatic carbocycles. The maximum Gasteiger partial charge on any atom is 0.256 e. The second kappa shape index (κ2) is 4.95. The summed E-state index contributed by atoms with van der Waals surface area (Å²) in [4.78, 5) is 16.7. The summed E-state index contributed by atoms with van der Waals surface area (Å²) in [6.07, 6.45) is 1.84. The zero-order valence-corrected chi connectivity index (χ0v) is 12.6. The average molecular weight is 301 g/mol. The van der Waals surface area contributed by atoms with Crippen molar-refractivity contribution in [3.8, 4) is 11.3 Å². The number of hydrogen-bond donors (Lipinski definition) is 2. The van der Waals surface area contributed by atoms with Crippen LogP contribution in [0.15, 0.2) is 48.5 Å². The summed E-state index contributed by atoms with van der Waals surface area (Å²) in [7, 11) is 0. The van der Waals surface area contributed by atoms with Gasteiger partial charge in [0.1, 0.15) is 5.82 Å². The zero-order valence-electron chi connectivity index (χ0n) is 12.6. The molecule has 2 heterocycles. The van der Waals surface area contributed by atoms with Crippen molar-refractivity contribution >= 4 is 29.1 Å². The van der Waals surface area contributed by atoms with Crippen molar-refractivity contribution in [1.29, 1.82) is 0 Å². The molecule has 0 atom stereocenters. The van der Waals surface area contributed by atoms with Crippen molar-refractivity contribution in [3.05, 3.63) is 65.2 Å². The summed E-state index contributed by atoms with van der Waals surface area (Å²) < 4.78 is 0. The van der Waals surface area contributed by atoms with E-state index in [1.807, 2.05) is 61.5 Å². The van der Waals surface area contributed by atoms with Gasteiger partial charge in [-0.15, -0.1) is 0 Å². The van der Waals surface area contributed by atoms with Gasteiger partial charge in [-0.3, -0.25) is 4.79 Å². The molecule has 0 saturated carbocycles. The van der Waals surface area contributed by atoms with E-state index in [-0.39, 0.29) is 5.91 Å². The quantitative estimate of drug-likeness (QED) is 0.675. The molecule has 0 saturated heterocycles. The molecule has 1 amide bonds. The fourth-order valence-corrected chi connectivity index (χ4v) is 2.93. The second-order valence-corrected chi connectivity index (χ2v) is 5.68. The van der Waals surface area contributed by atoms with E-state index in [1.165, 1.54) is 0 Å². The Balaban J connectivity index is 1.92. The number of nitrogen functional groups attached to an aromatic ring is 1. The maximum absolute atomic E-state index is 12.3. The normalized spacial score (nSPS) is 15.0. The van der Waals surface area contributed by atoms with Crippen LogP contribution in [0.25, 0.3) is 22.9 Å². The Bertz CT molecular complexity index is 943. The molecule has 1 aliphatic carbocycles. The first-order valence-electron chi connectivity index (χ1n) is 7.42. The summed E-state index contributed by atoms with van der Waals surface area (Å²) in [5.74, 6) is 0.326. The number of carbonyl (C=O) groups is 1. The van der Waals surface area contributed by atoms with Gasteiger partial charge >= 0.3 is 0 Å². The van der Waals surface area contributed by atoms with Crippen LogP contribution in [-0.2, 0) is 4.79 Å². The van der Waals surface area contributed by atoms with E-state index in [9.17, 15) is 4.79 Å². The first kappa shape index (κ1) is 13.5. The Labute approximate surface area is 134 Å². The molecule has 0 radical (unpaired) electrons. The number of fused-ring (bicyclic) bond motifs is 2. The minimum absolute atomic E-state index is 0.111. The molecule has 3 N–H and O–H groups in total. The predicted octanol–water partition coefficient (Wildman–Crippen LogP) is 3.57. The van der Waals surface area contributed by atoms with Gasteiger partial charge in [0.15, 0.2) is 0 Å². The van der Waals surface area contributed by atoms with Gasteiger partial charge in [0.2, 0.25) is 0 Å². The van der Waals surface area contributed by atoms with Crippen molar-refractivity contribution in [2.24, 2.45) is 0 Å². The number of rotatable bonds is 1. The molecule has 0 unspecified atom stereocenters. The predicted molar refractivity (Wildman–Crippen MR) is 93.0 cm³/mol. The third-order valence-corrected chi connectivity index (χ3v) is 4.07. The van der Waals surface area contributed by atoms with Crippen LogP contribution in [0.5, 0.6) is 0 Å². The summed E-state index contributed by atoms with van der Waals surface area (Å²) in [5.41, 5.74) is 12.1. The lowest BCUT2D eigenvalue weighted by Crippen LogP contribution is -2.03. The lowest BCUT2D eigenvalue weighted by Gasteiger charge is -2.01. The summed E-state index contributed by atoms with van der Waals surface area (Å²) in [6, 6.07) is 15.6. The first-order valence-corrected chi connectivity index (χ1v) is 7.42. The van der Waals surface area contributed by atoms with E-state index in [2.05, 4.69) is 10.3 Å². The van der Waals surface area contributed by atoms with Crippen LogP contribution in [-0.4, -0.2) is 10.9 Å². The Kier molecular flexibility index (Phi) is 2.91. The summed E-state index contributed by atoms with van der Waals surface area (Å²) in [5, 5.41) is 2.89. The molecule has 0 spiro atoms. The van der Waals surface area contributed by atoms with Crippen LogP contribution in [0.3, 0.4) is 0 Å². The largest absolute Gasteiger partial charge is 0.383 e. The van der Waals surface area contributed by atoms with E-state index < -0.39 is 0 Å². The zero-order chi connectivity index (χ0) is 16.0. The van der Waals surface area contributed by atoms with E-state index in [0.29, 0.717) is 11.4 Å². The van der Waals surface area contributed by atoms with Crippen molar-refractivity contribution < 1.29 is 4.79 Å². The van der Waals surface area contributed by atoms with Gasteiger partial charge in [-0.2, -0.15) is 0 Å². The van der Waals surface area contributed by atoms with Gasteiger partial charge in [0, 0.05) is 28.0 Å². The van der Waals surface area contributed by atoms with Gasteiger partial charge in [-0.1, -0.05) is 35.9 Å². The lowest BCUT2D eigenvalue weighted by molar-refractivity contribution is -0.110.